The maximum Gasteiger partial charge on any atom is 0.241 e. The molecule has 0 radical (unpaired) electrons. The topological polar surface area (TPSA) is 100 Å². The van der Waals surface area contributed by atoms with Gasteiger partial charge in [0.25, 0.3) is 0 Å². The molecular weight excluding hydrogens is 484 g/mol. The number of hydrogen-bond donors (Lipinski definition) is 1. The highest BCUT2D eigenvalue weighted by molar-refractivity contribution is 5.95. The van der Waals surface area contributed by atoms with Gasteiger partial charge < -0.3 is 29.5 Å². The maximum atomic E-state index is 12.8. The lowest BCUT2D eigenvalue weighted by atomic mass is 10.1. The lowest BCUT2D eigenvalue weighted by molar-refractivity contribution is -0.131. The van der Waals surface area contributed by atoms with Crippen molar-refractivity contribution in [2.75, 3.05) is 57.7 Å². The van der Waals surface area contributed by atoms with Gasteiger partial charge in [0.2, 0.25) is 23.6 Å². The van der Waals surface area contributed by atoms with E-state index in [-0.39, 0.29) is 18.4 Å². The molecule has 4 rings (SSSR count). The number of carbonyl (C=O) groups is 2. The van der Waals surface area contributed by atoms with Crippen molar-refractivity contribution >= 4 is 23.5 Å². The predicted octanol–water partition coefficient (Wildman–Crippen LogP) is 3.41. The molecule has 0 spiro atoms. The highest BCUT2D eigenvalue weighted by Gasteiger charge is 2.26. The van der Waals surface area contributed by atoms with E-state index in [9.17, 15) is 9.59 Å². The normalized spacial score (nSPS) is 17.3. The number of aromatic nitrogens is 2. The summed E-state index contributed by atoms with van der Waals surface area (Å²) in [6.07, 6.45) is 6.82. The van der Waals surface area contributed by atoms with Gasteiger partial charge in [-0.3, -0.25) is 9.59 Å². The number of methoxy groups -OCH3 is 1. The fraction of sp³-hybridized carbons (Fsp3) is 0.357. The van der Waals surface area contributed by atoms with Crippen molar-refractivity contribution in [1.82, 2.24) is 19.8 Å². The van der Waals surface area contributed by atoms with Crippen molar-refractivity contribution < 1.29 is 19.1 Å². The first-order valence-electron chi connectivity index (χ1n) is 12.5. The number of hydrogen-bond acceptors (Lipinski definition) is 8. The van der Waals surface area contributed by atoms with Crippen molar-refractivity contribution in [3.63, 3.8) is 0 Å². The van der Waals surface area contributed by atoms with Crippen molar-refractivity contribution in [3.8, 4) is 17.0 Å². The van der Waals surface area contributed by atoms with E-state index < -0.39 is 0 Å². The predicted molar refractivity (Wildman–Crippen MR) is 146 cm³/mol. The summed E-state index contributed by atoms with van der Waals surface area (Å²) < 4.78 is 11.2. The summed E-state index contributed by atoms with van der Waals surface area (Å²) in [7, 11) is 5.27. The molecule has 2 aliphatic rings. The molecule has 200 valence electrons. The van der Waals surface area contributed by atoms with Crippen LogP contribution in [0.3, 0.4) is 0 Å². The zero-order chi connectivity index (χ0) is 27.2. The number of nitrogens with one attached hydrogen (secondary N) is 1. The molecule has 0 aliphatic carbocycles. The molecule has 0 saturated carbocycles. The lowest BCUT2D eigenvalue weighted by Gasteiger charge is -2.32. The number of morpholine rings is 1. The molecule has 1 N–H and O–H groups in total. The lowest BCUT2D eigenvalue weighted by Crippen LogP contribution is -2.42. The molecule has 1 aromatic carbocycles. The summed E-state index contributed by atoms with van der Waals surface area (Å²) >= 11 is 0. The van der Waals surface area contributed by atoms with Gasteiger partial charge in [-0.25, -0.2) is 4.98 Å². The third-order valence-electron chi connectivity index (χ3n) is 6.29. The molecule has 2 saturated heterocycles. The van der Waals surface area contributed by atoms with Crippen LogP contribution in [-0.2, 0) is 14.3 Å². The third kappa shape index (κ3) is 6.03. The minimum Gasteiger partial charge on any atom is -0.490 e. The smallest absolute Gasteiger partial charge is 0.241 e. The Balaban J connectivity index is 1.54. The number of allylic oxidation sites excluding steroid dienone is 2. The Morgan fingerprint density at radius 1 is 1.26 bits per heavy atom. The van der Waals surface area contributed by atoms with Gasteiger partial charge in [-0.05, 0) is 51.2 Å². The quantitative estimate of drug-likeness (QED) is 0.568. The van der Waals surface area contributed by atoms with Crippen LogP contribution < -0.4 is 15.0 Å². The van der Waals surface area contributed by atoms with Crippen LogP contribution in [0.1, 0.15) is 19.8 Å². The number of rotatable bonds is 8. The van der Waals surface area contributed by atoms with Crippen molar-refractivity contribution in [2.24, 2.45) is 0 Å². The summed E-state index contributed by atoms with van der Waals surface area (Å²) in [5.74, 6) is 1.28. The van der Waals surface area contributed by atoms with Crippen molar-refractivity contribution in [1.29, 1.82) is 0 Å². The van der Waals surface area contributed by atoms with E-state index in [2.05, 4.69) is 21.9 Å². The first-order valence-corrected chi connectivity index (χ1v) is 12.5. The van der Waals surface area contributed by atoms with Gasteiger partial charge in [0, 0.05) is 30.5 Å². The Labute approximate surface area is 223 Å². The summed E-state index contributed by atoms with van der Waals surface area (Å²) in [6, 6.07) is 7.73. The van der Waals surface area contributed by atoms with Crippen LogP contribution in [-0.4, -0.2) is 79.0 Å². The first-order chi connectivity index (χ1) is 18.3. The van der Waals surface area contributed by atoms with E-state index in [1.54, 1.807) is 29.2 Å². The number of amides is 2. The Kier molecular flexibility index (Phi) is 8.42. The highest BCUT2D eigenvalue weighted by atomic mass is 16.5. The molecule has 1 aromatic heterocycles. The second kappa shape index (κ2) is 11.9. The molecule has 0 bridgehead atoms. The number of ether oxygens (including phenoxy) is 2. The fourth-order valence-electron chi connectivity index (χ4n) is 4.37. The van der Waals surface area contributed by atoms with E-state index >= 15 is 0 Å². The third-order valence-corrected chi connectivity index (χ3v) is 6.29. The van der Waals surface area contributed by atoms with Crippen LogP contribution >= 0.6 is 0 Å². The average molecular weight is 519 g/mol. The van der Waals surface area contributed by atoms with Crippen LogP contribution in [0.5, 0.6) is 5.88 Å². The van der Waals surface area contributed by atoms with Crippen LogP contribution in [0, 0.1) is 0 Å². The number of anilines is 2. The van der Waals surface area contributed by atoms with E-state index in [0.29, 0.717) is 48.6 Å². The molecule has 10 nitrogen and oxygen atoms in total. The molecule has 3 heterocycles. The average Bonchev–Trinajstić information content (AvgIpc) is 3.34. The molecule has 2 fully saturated rings. The first kappa shape index (κ1) is 26.9. The summed E-state index contributed by atoms with van der Waals surface area (Å²) in [5.41, 5.74) is 3.74. The van der Waals surface area contributed by atoms with Crippen LogP contribution in [0.2, 0.25) is 0 Å². The standard InChI is InChI=1S/C28H34N6O4/c1-6-21(16-24-19(2)38-15-14-34(24)26(36)18-32(3)4)30-28-29-17-23(27(31-28)37-5)20-9-11-22(12-10-20)33-13-7-8-25(33)35/h6,9-12,16-17H,2,7-8,13-15,18H2,1,3-5H3,(H,29,30,31)/b21-6?,24-16+. The van der Waals surface area contributed by atoms with Gasteiger partial charge in [0.15, 0.2) is 0 Å². The number of nitrogens with zero attached hydrogens (tertiary/aromatic N) is 5. The molecular formula is C28H34N6O4. The monoisotopic (exact) mass is 518 g/mol. The Bertz CT molecular complexity index is 1270. The van der Waals surface area contributed by atoms with E-state index in [0.717, 1.165) is 29.8 Å². The minimum atomic E-state index is -0.0384. The number of likely N-dealkylation sites (N-methyl/N-ethyl adjacent to an activating group) is 1. The summed E-state index contributed by atoms with van der Waals surface area (Å²) in [5, 5.41) is 3.19. The summed E-state index contributed by atoms with van der Waals surface area (Å²) in [4.78, 5) is 39.2. The van der Waals surface area contributed by atoms with Gasteiger partial charge in [-0.2, -0.15) is 4.98 Å². The van der Waals surface area contributed by atoms with Crippen molar-refractivity contribution in [3.05, 3.63) is 66.3 Å². The van der Waals surface area contributed by atoms with Gasteiger partial charge in [0.05, 0.1) is 31.5 Å². The van der Waals surface area contributed by atoms with Crippen molar-refractivity contribution in [2.45, 2.75) is 19.8 Å². The van der Waals surface area contributed by atoms with Crippen LogP contribution in [0.25, 0.3) is 11.1 Å². The molecule has 2 aliphatic heterocycles. The molecule has 0 unspecified atom stereocenters. The zero-order valence-corrected chi connectivity index (χ0v) is 22.4. The second-order valence-electron chi connectivity index (χ2n) is 9.27. The van der Waals surface area contributed by atoms with Gasteiger partial charge in [0.1, 0.15) is 12.4 Å². The molecule has 2 aromatic rings. The van der Waals surface area contributed by atoms with Crippen LogP contribution in [0.4, 0.5) is 11.6 Å². The SMILES string of the molecule is C=C1OCCN(C(=O)CN(C)C)/C1=C/C(=CC)Nc1ncc(-c2ccc(N3CCCC3=O)cc2)c(OC)n1. The number of carbonyl (C=O) groups excluding carboxylic acids is 2. The van der Waals surface area contributed by atoms with Crippen LogP contribution in [0.15, 0.2) is 66.3 Å². The Morgan fingerprint density at radius 3 is 2.66 bits per heavy atom. The van der Waals surface area contributed by atoms with Gasteiger partial charge in [-0.1, -0.05) is 24.8 Å². The molecule has 10 heteroatoms. The van der Waals surface area contributed by atoms with E-state index in [1.807, 2.05) is 56.3 Å². The minimum absolute atomic E-state index is 0.0384. The Morgan fingerprint density at radius 2 is 2.03 bits per heavy atom. The van der Waals surface area contributed by atoms with Gasteiger partial charge in [-0.15, -0.1) is 0 Å². The van der Waals surface area contributed by atoms with E-state index in [4.69, 9.17) is 9.47 Å². The van der Waals surface area contributed by atoms with Gasteiger partial charge >= 0.3 is 0 Å². The summed E-state index contributed by atoms with van der Waals surface area (Å²) in [6.45, 7) is 7.72. The second-order valence-corrected chi connectivity index (χ2v) is 9.27. The van der Waals surface area contributed by atoms with E-state index in [1.165, 1.54) is 0 Å². The zero-order valence-electron chi connectivity index (χ0n) is 22.4. The number of benzene rings is 1. The fourth-order valence-corrected chi connectivity index (χ4v) is 4.37. The Hall–Kier alpha value is -4.18. The molecule has 0 atom stereocenters. The molecule has 38 heavy (non-hydrogen) atoms. The highest BCUT2D eigenvalue weighted by Crippen LogP contribution is 2.31. The maximum absolute atomic E-state index is 12.8. The largest absolute Gasteiger partial charge is 0.490 e. The molecule has 2 amide bonds.